The highest BCUT2D eigenvalue weighted by Gasteiger charge is 2.34. The van der Waals surface area contributed by atoms with Crippen molar-refractivity contribution in [1.29, 1.82) is 0 Å². The monoisotopic (exact) mass is 208 g/mol. The van der Waals surface area contributed by atoms with Gasteiger partial charge in [0.2, 0.25) is 0 Å². The molecule has 15 heavy (non-hydrogen) atoms. The number of carboxylic acid groups (broad SMARTS) is 1. The first kappa shape index (κ1) is 9.98. The molecule has 0 saturated heterocycles. The Morgan fingerprint density at radius 3 is 2.93 bits per heavy atom. The molecule has 1 aromatic rings. The van der Waals surface area contributed by atoms with Gasteiger partial charge >= 0.3 is 5.97 Å². The fourth-order valence-corrected chi connectivity index (χ4v) is 1.85. The van der Waals surface area contributed by atoms with Crippen molar-refractivity contribution in [1.82, 2.24) is 0 Å². The zero-order valence-electron chi connectivity index (χ0n) is 8.14. The number of rotatable bonds is 2. The number of carboxylic acids is 1. The fraction of sp³-hybridized carbons (Fsp3) is 0.364. The van der Waals surface area contributed by atoms with E-state index < -0.39 is 11.6 Å². The van der Waals surface area contributed by atoms with Crippen LogP contribution >= 0.6 is 0 Å². The molecule has 0 bridgehead atoms. The lowest BCUT2D eigenvalue weighted by molar-refractivity contribution is 0.0446. The molecule has 0 amide bonds. The summed E-state index contributed by atoms with van der Waals surface area (Å²) in [6.07, 6.45) is 6.98. The predicted octanol–water partition coefficient (Wildman–Crippen LogP) is 1.91. The van der Waals surface area contributed by atoms with Gasteiger partial charge in [0.05, 0.1) is 6.26 Å². The van der Waals surface area contributed by atoms with Crippen molar-refractivity contribution >= 4 is 5.97 Å². The van der Waals surface area contributed by atoms with Crippen molar-refractivity contribution < 1.29 is 19.4 Å². The molecule has 4 nitrogen and oxygen atoms in total. The Bertz CT molecular complexity index is 404. The van der Waals surface area contributed by atoms with Crippen molar-refractivity contribution in [3.05, 3.63) is 35.8 Å². The van der Waals surface area contributed by atoms with Crippen molar-refractivity contribution in [2.24, 2.45) is 0 Å². The van der Waals surface area contributed by atoms with Gasteiger partial charge in [-0.3, -0.25) is 0 Å². The molecule has 0 fully saturated rings. The molecular formula is C11H12O4. The smallest absolute Gasteiger partial charge is 0.339 e. The van der Waals surface area contributed by atoms with Crippen LogP contribution in [0.15, 0.2) is 28.9 Å². The lowest BCUT2D eigenvalue weighted by Crippen LogP contribution is -2.26. The maximum absolute atomic E-state index is 10.9. The van der Waals surface area contributed by atoms with E-state index in [1.54, 1.807) is 6.08 Å². The zero-order valence-corrected chi connectivity index (χ0v) is 8.14. The maximum atomic E-state index is 10.9. The van der Waals surface area contributed by atoms with E-state index in [1.807, 2.05) is 6.08 Å². The van der Waals surface area contributed by atoms with Gasteiger partial charge in [0.15, 0.2) is 5.76 Å². The minimum Gasteiger partial charge on any atom is -0.478 e. The van der Waals surface area contributed by atoms with Crippen molar-refractivity contribution in [2.75, 3.05) is 0 Å². The number of carbonyl (C=O) groups is 1. The molecular weight excluding hydrogens is 196 g/mol. The molecule has 80 valence electrons. The second kappa shape index (κ2) is 3.55. The van der Waals surface area contributed by atoms with Crippen LogP contribution in [-0.2, 0) is 5.60 Å². The van der Waals surface area contributed by atoms with Crippen LogP contribution < -0.4 is 0 Å². The first-order chi connectivity index (χ1) is 7.13. The summed E-state index contributed by atoms with van der Waals surface area (Å²) >= 11 is 0. The second-order valence-corrected chi connectivity index (χ2v) is 3.69. The third kappa shape index (κ3) is 1.68. The van der Waals surface area contributed by atoms with E-state index in [9.17, 15) is 9.90 Å². The Balaban J connectivity index is 2.43. The number of allylic oxidation sites excluding steroid dienone is 1. The standard InChI is InChI=1S/C11H12O4/c12-10(13)8-4-7-15-9(8)11(14)5-2-1-3-6-11/h2,4-5,7,14H,1,3,6H2,(H,12,13). The summed E-state index contributed by atoms with van der Waals surface area (Å²) in [5, 5.41) is 19.1. The molecule has 0 radical (unpaired) electrons. The highest BCUT2D eigenvalue weighted by molar-refractivity contribution is 5.89. The van der Waals surface area contributed by atoms with Crippen LogP contribution in [0.3, 0.4) is 0 Å². The Kier molecular flexibility index (Phi) is 2.36. The van der Waals surface area contributed by atoms with Gasteiger partial charge in [-0.25, -0.2) is 4.79 Å². The molecule has 1 heterocycles. The van der Waals surface area contributed by atoms with Gasteiger partial charge in [0, 0.05) is 0 Å². The highest BCUT2D eigenvalue weighted by Crippen LogP contribution is 2.34. The van der Waals surface area contributed by atoms with E-state index in [2.05, 4.69) is 0 Å². The van der Waals surface area contributed by atoms with Gasteiger partial charge in [0.25, 0.3) is 0 Å². The Morgan fingerprint density at radius 1 is 1.53 bits per heavy atom. The first-order valence-electron chi connectivity index (χ1n) is 4.85. The zero-order chi connectivity index (χ0) is 10.9. The molecule has 1 unspecified atom stereocenters. The van der Waals surface area contributed by atoms with Crippen LogP contribution in [0.1, 0.15) is 35.4 Å². The third-order valence-corrected chi connectivity index (χ3v) is 2.61. The van der Waals surface area contributed by atoms with Crippen LogP contribution in [-0.4, -0.2) is 16.2 Å². The minimum atomic E-state index is -1.25. The van der Waals surface area contributed by atoms with E-state index in [1.165, 1.54) is 12.3 Å². The van der Waals surface area contributed by atoms with E-state index in [4.69, 9.17) is 9.52 Å². The van der Waals surface area contributed by atoms with Crippen LogP contribution in [0.4, 0.5) is 0 Å². The molecule has 1 aliphatic rings. The number of aromatic carboxylic acids is 1. The van der Waals surface area contributed by atoms with Gasteiger partial charge in [-0.05, 0) is 31.4 Å². The molecule has 1 aliphatic carbocycles. The summed E-state index contributed by atoms with van der Waals surface area (Å²) in [4.78, 5) is 10.9. The van der Waals surface area contributed by atoms with E-state index in [0.29, 0.717) is 6.42 Å². The Hall–Kier alpha value is -1.55. The molecule has 0 saturated carbocycles. The lowest BCUT2D eigenvalue weighted by Gasteiger charge is -2.25. The molecule has 2 N–H and O–H groups in total. The second-order valence-electron chi connectivity index (χ2n) is 3.69. The summed E-state index contributed by atoms with van der Waals surface area (Å²) in [6.45, 7) is 0. The fourth-order valence-electron chi connectivity index (χ4n) is 1.85. The van der Waals surface area contributed by atoms with Crippen LogP contribution in [0.2, 0.25) is 0 Å². The molecule has 1 atom stereocenters. The topological polar surface area (TPSA) is 70.7 Å². The maximum Gasteiger partial charge on any atom is 0.339 e. The number of aliphatic hydroxyl groups is 1. The van der Waals surface area contributed by atoms with Gasteiger partial charge in [0.1, 0.15) is 11.2 Å². The minimum absolute atomic E-state index is 0.0315. The third-order valence-electron chi connectivity index (χ3n) is 2.61. The van der Waals surface area contributed by atoms with Gasteiger partial charge in [-0.15, -0.1) is 0 Å². The van der Waals surface area contributed by atoms with Crippen molar-refractivity contribution in [3.8, 4) is 0 Å². The number of hydrogen-bond acceptors (Lipinski definition) is 3. The molecule has 0 aliphatic heterocycles. The van der Waals surface area contributed by atoms with Gasteiger partial charge in [-0.1, -0.05) is 6.08 Å². The van der Waals surface area contributed by atoms with Crippen LogP contribution in [0, 0.1) is 0 Å². The molecule has 1 aromatic heterocycles. The largest absolute Gasteiger partial charge is 0.478 e. The van der Waals surface area contributed by atoms with Gasteiger partial charge < -0.3 is 14.6 Å². The van der Waals surface area contributed by atoms with Crippen LogP contribution in [0.25, 0.3) is 0 Å². The SMILES string of the molecule is O=C(O)c1ccoc1C1(O)C=CCCC1. The normalized spacial score (nSPS) is 25.4. The quantitative estimate of drug-likeness (QED) is 0.728. The van der Waals surface area contributed by atoms with E-state index in [-0.39, 0.29) is 11.3 Å². The summed E-state index contributed by atoms with van der Waals surface area (Å²) in [5.41, 5.74) is -1.22. The number of furan rings is 1. The molecule has 4 heteroatoms. The van der Waals surface area contributed by atoms with Crippen molar-refractivity contribution in [2.45, 2.75) is 24.9 Å². The highest BCUT2D eigenvalue weighted by atomic mass is 16.4. The molecule has 0 spiro atoms. The van der Waals surface area contributed by atoms with Gasteiger partial charge in [-0.2, -0.15) is 0 Å². The average Bonchev–Trinajstić information content (AvgIpc) is 2.67. The lowest BCUT2D eigenvalue weighted by atomic mass is 9.87. The van der Waals surface area contributed by atoms with Crippen LogP contribution in [0.5, 0.6) is 0 Å². The van der Waals surface area contributed by atoms with Crippen molar-refractivity contribution in [3.63, 3.8) is 0 Å². The summed E-state index contributed by atoms with van der Waals surface area (Å²) in [7, 11) is 0. The summed E-state index contributed by atoms with van der Waals surface area (Å²) < 4.78 is 5.09. The first-order valence-corrected chi connectivity index (χ1v) is 4.85. The summed E-state index contributed by atoms with van der Waals surface area (Å²) in [5.74, 6) is -0.947. The summed E-state index contributed by atoms with van der Waals surface area (Å²) in [6, 6.07) is 1.36. The molecule has 0 aromatic carbocycles. The number of hydrogen-bond donors (Lipinski definition) is 2. The molecule has 2 rings (SSSR count). The van der Waals surface area contributed by atoms with E-state index in [0.717, 1.165) is 12.8 Å². The Labute approximate surface area is 86.8 Å². The average molecular weight is 208 g/mol. The Morgan fingerprint density at radius 2 is 2.33 bits per heavy atom. The predicted molar refractivity (Wildman–Crippen MR) is 52.6 cm³/mol. The van der Waals surface area contributed by atoms with E-state index >= 15 is 0 Å².